The lowest BCUT2D eigenvalue weighted by Gasteiger charge is -2.64. The molecule has 3 nitrogen and oxygen atoms in total. The fourth-order valence-electron chi connectivity index (χ4n) is 9.89. The largest absolute Gasteiger partial charge is 0.338 e. The first kappa shape index (κ1) is 26.3. The molecule has 0 radical (unpaired) electrons. The molecule has 0 saturated carbocycles. The molecule has 1 N–H and O–H groups in total. The summed E-state index contributed by atoms with van der Waals surface area (Å²) in [7, 11) is 0. The van der Waals surface area contributed by atoms with E-state index in [1.807, 2.05) is 0 Å². The first-order chi connectivity index (χ1) is 20.8. The molecule has 2 fully saturated rings. The summed E-state index contributed by atoms with van der Waals surface area (Å²) in [6.07, 6.45) is 3.64. The van der Waals surface area contributed by atoms with E-state index >= 15 is 0 Å². The Hall–Kier alpha value is -3.34. The predicted octanol–water partition coefficient (Wildman–Crippen LogP) is 5.83. The van der Waals surface area contributed by atoms with Gasteiger partial charge in [-0.3, -0.25) is 0 Å². The van der Waals surface area contributed by atoms with Crippen molar-refractivity contribution in [3.05, 3.63) is 120 Å². The molecular weight excluding hydrogens is 509 g/mol. The first-order valence-electron chi connectivity index (χ1n) is 16.3. The Labute approximate surface area is 252 Å². The van der Waals surface area contributed by atoms with Gasteiger partial charge in [-0.05, 0) is 80.0 Å². The Kier molecular flexibility index (Phi) is 6.73. The molecule has 5 atom stereocenters. The Morgan fingerprint density at radius 3 is 2.31 bits per heavy atom. The van der Waals surface area contributed by atoms with Crippen LogP contribution in [0, 0.1) is 11.8 Å². The summed E-state index contributed by atoms with van der Waals surface area (Å²) in [5, 5.41) is 3.88. The Bertz CT molecular complexity index is 1500. The second-order valence-electron chi connectivity index (χ2n) is 13.1. The molecule has 4 heterocycles. The van der Waals surface area contributed by atoms with Gasteiger partial charge in [0, 0.05) is 41.8 Å². The van der Waals surface area contributed by atoms with Crippen LogP contribution in [-0.4, -0.2) is 50.4 Å². The Morgan fingerprint density at radius 2 is 1.50 bits per heavy atom. The fourth-order valence-corrected chi connectivity index (χ4v) is 9.89. The zero-order chi connectivity index (χ0) is 28.1. The summed E-state index contributed by atoms with van der Waals surface area (Å²) >= 11 is 0. The van der Waals surface area contributed by atoms with Crippen molar-refractivity contribution in [1.82, 2.24) is 10.2 Å². The average Bonchev–Trinajstić information content (AvgIpc) is 3.06. The first-order valence-corrected chi connectivity index (χ1v) is 16.3. The molecule has 8 rings (SSSR count). The normalized spacial score (nSPS) is 28.5. The molecule has 4 heteroatoms. The van der Waals surface area contributed by atoms with Crippen LogP contribution in [0.1, 0.15) is 37.3 Å². The fraction of sp³-hybridized carbons (Fsp3) is 0.368. The average molecular weight is 552 g/mol. The lowest BCUT2D eigenvalue weighted by atomic mass is 9.24. The van der Waals surface area contributed by atoms with Crippen LogP contribution in [0.4, 0.5) is 11.4 Å². The van der Waals surface area contributed by atoms with Crippen molar-refractivity contribution < 1.29 is 0 Å². The molecule has 5 unspecified atom stereocenters. The number of piperidine rings is 2. The van der Waals surface area contributed by atoms with Crippen molar-refractivity contribution in [2.24, 2.45) is 11.8 Å². The molecule has 2 saturated heterocycles. The third kappa shape index (κ3) is 3.88. The van der Waals surface area contributed by atoms with Gasteiger partial charge in [0.05, 0.1) is 0 Å². The molecule has 4 aromatic rings. The van der Waals surface area contributed by atoms with Gasteiger partial charge in [-0.15, -0.1) is 0 Å². The van der Waals surface area contributed by atoms with Crippen LogP contribution < -0.4 is 21.1 Å². The predicted molar refractivity (Wildman–Crippen MR) is 177 cm³/mol. The highest BCUT2D eigenvalue weighted by Gasteiger charge is 2.63. The van der Waals surface area contributed by atoms with E-state index in [9.17, 15) is 0 Å². The molecule has 0 bridgehead atoms. The van der Waals surface area contributed by atoms with E-state index in [1.54, 1.807) is 16.6 Å². The molecule has 4 aliphatic heterocycles. The number of nitrogens with one attached hydrogen (secondary N) is 1. The van der Waals surface area contributed by atoms with E-state index in [4.69, 9.17) is 0 Å². The second-order valence-corrected chi connectivity index (χ2v) is 13.1. The summed E-state index contributed by atoms with van der Waals surface area (Å²) in [4.78, 5) is 5.54. The lowest BCUT2D eigenvalue weighted by Crippen LogP contribution is -2.70. The summed E-state index contributed by atoms with van der Waals surface area (Å²) in [6.45, 7) is 8.48. The van der Waals surface area contributed by atoms with Crippen molar-refractivity contribution in [3.8, 4) is 0 Å². The van der Waals surface area contributed by atoms with E-state index in [1.165, 1.54) is 49.2 Å². The number of benzene rings is 4. The van der Waals surface area contributed by atoms with Gasteiger partial charge in [-0.25, -0.2) is 0 Å². The van der Waals surface area contributed by atoms with Crippen molar-refractivity contribution in [1.29, 1.82) is 0 Å². The zero-order valence-electron chi connectivity index (χ0n) is 24.8. The van der Waals surface area contributed by atoms with Gasteiger partial charge < -0.3 is 15.1 Å². The van der Waals surface area contributed by atoms with Crippen LogP contribution >= 0.6 is 0 Å². The molecule has 0 amide bonds. The van der Waals surface area contributed by atoms with E-state index in [-0.39, 0.29) is 5.41 Å². The molecule has 4 aliphatic rings. The van der Waals surface area contributed by atoms with Crippen LogP contribution in [0.3, 0.4) is 0 Å². The lowest BCUT2D eigenvalue weighted by molar-refractivity contribution is 0.0619. The molecule has 42 heavy (non-hydrogen) atoms. The minimum Gasteiger partial charge on any atom is -0.338 e. The highest BCUT2D eigenvalue weighted by molar-refractivity contribution is 6.87. The smallest absolute Gasteiger partial charge is 0.214 e. The van der Waals surface area contributed by atoms with Crippen molar-refractivity contribution >= 4 is 29.0 Å². The topological polar surface area (TPSA) is 18.5 Å². The number of hydrogen-bond donors (Lipinski definition) is 1. The number of hydrogen-bond acceptors (Lipinski definition) is 3. The zero-order valence-corrected chi connectivity index (χ0v) is 24.8. The molecule has 4 aromatic carbocycles. The summed E-state index contributed by atoms with van der Waals surface area (Å²) in [5.74, 6) is 1.64. The number of rotatable bonds is 4. The number of anilines is 2. The molecule has 0 aliphatic carbocycles. The van der Waals surface area contributed by atoms with Crippen LogP contribution in [0.2, 0.25) is 5.82 Å². The van der Waals surface area contributed by atoms with Gasteiger partial charge in [-0.2, -0.15) is 0 Å². The van der Waals surface area contributed by atoms with Crippen LogP contribution in [0.15, 0.2) is 109 Å². The number of nitrogens with zero attached hydrogens (tertiary/aromatic N) is 2. The standard InChI is InChI=1S/C38H42BN3/c1-2-24-41-25-22-37-33(27-41)38(32-18-10-12-20-36(32)42(37)29-15-7-4-8-16-29)30-17-9-11-19-34(30)39(28-13-5-3-6-14-28)35-26-40-23-21-31(35)38/h3-20,31,33,35,37,40H,2,21-27H2,1H3. The quantitative estimate of drug-likeness (QED) is 0.322. The maximum Gasteiger partial charge on any atom is 0.214 e. The van der Waals surface area contributed by atoms with Crippen molar-refractivity contribution in [3.63, 3.8) is 0 Å². The highest BCUT2D eigenvalue weighted by Crippen LogP contribution is 2.62. The third-order valence-electron chi connectivity index (χ3n) is 11.2. The maximum atomic E-state index is 3.88. The molecule has 1 spiro atoms. The van der Waals surface area contributed by atoms with Gasteiger partial charge in [-0.1, -0.05) is 109 Å². The van der Waals surface area contributed by atoms with Gasteiger partial charge >= 0.3 is 0 Å². The van der Waals surface area contributed by atoms with Gasteiger partial charge in [0.2, 0.25) is 6.71 Å². The monoisotopic (exact) mass is 551 g/mol. The SMILES string of the molecule is CCCN1CCC2C(C1)C1(c3ccccc3B(c3ccccc3)C3CNCCC31)c1ccccc1N2c1ccccc1. The van der Waals surface area contributed by atoms with Gasteiger partial charge in [0.1, 0.15) is 0 Å². The van der Waals surface area contributed by atoms with Crippen LogP contribution in [-0.2, 0) is 5.41 Å². The van der Waals surface area contributed by atoms with Gasteiger partial charge in [0.25, 0.3) is 0 Å². The van der Waals surface area contributed by atoms with E-state index < -0.39 is 0 Å². The summed E-state index contributed by atoms with van der Waals surface area (Å²) in [5.41, 5.74) is 8.95. The maximum absolute atomic E-state index is 3.88. The number of fused-ring (bicyclic) bond motifs is 8. The van der Waals surface area contributed by atoms with Crippen molar-refractivity contribution in [2.45, 2.75) is 43.5 Å². The summed E-state index contributed by atoms with van der Waals surface area (Å²) < 4.78 is 0. The number of para-hydroxylation sites is 2. The van der Waals surface area contributed by atoms with Crippen LogP contribution in [0.25, 0.3) is 0 Å². The molecular formula is C38H42BN3. The third-order valence-corrected chi connectivity index (χ3v) is 11.2. The minimum absolute atomic E-state index is 0.0202. The number of likely N-dealkylation sites (tertiary alicyclic amines) is 1. The van der Waals surface area contributed by atoms with Crippen molar-refractivity contribution in [2.75, 3.05) is 37.6 Å². The Balaban J connectivity index is 1.43. The highest BCUT2D eigenvalue weighted by atomic mass is 15.2. The van der Waals surface area contributed by atoms with Gasteiger partial charge in [0.15, 0.2) is 0 Å². The second kappa shape index (κ2) is 10.7. The van der Waals surface area contributed by atoms with Crippen LogP contribution in [0.5, 0.6) is 0 Å². The molecule has 212 valence electrons. The molecule has 0 aromatic heterocycles. The van der Waals surface area contributed by atoms with E-state index in [0.29, 0.717) is 30.4 Å². The Morgan fingerprint density at radius 1 is 0.786 bits per heavy atom. The van der Waals surface area contributed by atoms with E-state index in [0.717, 1.165) is 19.6 Å². The van der Waals surface area contributed by atoms with E-state index in [2.05, 4.69) is 131 Å². The minimum atomic E-state index is -0.0202. The summed E-state index contributed by atoms with van der Waals surface area (Å²) in [6, 6.07) is 42.3.